The van der Waals surface area contributed by atoms with Gasteiger partial charge in [0.05, 0.1) is 14.2 Å². The van der Waals surface area contributed by atoms with Crippen LogP contribution in [0.25, 0.3) is 0 Å². The van der Waals surface area contributed by atoms with Crippen LogP contribution in [0.2, 0.25) is 0 Å². The maximum Gasteiger partial charge on any atom is 0.197 e. The molecule has 3 nitrogen and oxygen atoms in total. The number of hydrogen-bond donors (Lipinski definition) is 1. The van der Waals surface area contributed by atoms with E-state index >= 15 is 0 Å². The highest BCUT2D eigenvalue weighted by Crippen LogP contribution is 2.36. The van der Waals surface area contributed by atoms with Gasteiger partial charge in [0.2, 0.25) is 0 Å². The minimum absolute atomic E-state index is 0.213. The SMILES string of the molecule is COc1c(C)cc(CC2CCCN2)c(F)c1OC. The number of rotatable bonds is 4. The van der Waals surface area contributed by atoms with E-state index in [0.717, 1.165) is 18.5 Å². The van der Waals surface area contributed by atoms with E-state index in [1.165, 1.54) is 20.6 Å². The van der Waals surface area contributed by atoms with Gasteiger partial charge in [-0.05, 0) is 49.9 Å². The number of aryl methyl sites for hydroxylation is 1. The molecule has 4 heteroatoms. The number of nitrogens with one attached hydrogen (secondary N) is 1. The summed E-state index contributed by atoms with van der Waals surface area (Å²) in [5.74, 6) is 0.400. The van der Waals surface area contributed by atoms with Crippen molar-refractivity contribution >= 4 is 0 Å². The van der Waals surface area contributed by atoms with E-state index in [9.17, 15) is 4.39 Å². The summed E-state index contributed by atoms with van der Waals surface area (Å²) in [5, 5.41) is 3.38. The lowest BCUT2D eigenvalue weighted by atomic mass is 10.0. The Labute approximate surface area is 107 Å². The summed E-state index contributed by atoms with van der Waals surface area (Å²) in [4.78, 5) is 0. The predicted molar refractivity (Wildman–Crippen MR) is 69.0 cm³/mol. The average molecular weight is 253 g/mol. The average Bonchev–Trinajstić information content (AvgIpc) is 2.85. The first-order chi connectivity index (χ1) is 8.67. The quantitative estimate of drug-likeness (QED) is 0.894. The first kappa shape index (κ1) is 13.1. The monoisotopic (exact) mass is 253 g/mol. The van der Waals surface area contributed by atoms with Gasteiger partial charge in [-0.1, -0.05) is 0 Å². The third kappa shape index (κ3) is 2.43. The number of benzene rings is 1. The molecule has 1 fully saturated rings. The zero-order valence-electron chi connectivity index (χ0n) is 11.2. The Hall–Kier alpha value is -1.29. The van der Waals surface area contributed by atoms with E-state index in [4.69, 9.17) is 9.47 Å². The van der Waals surface area contributed by atoms with Crippen molar-refractivity contribution in [2.45, 2.75) is 32.2 Å². The van der Waals surface area contributed by atoms with Gasteiger partial charge in [0.1, 0.15) is 0 Å². The van der Waals surface area contributed by atoms with Crippen LogP contribution in [0.5, 0.6) is 11.5 Å². The Balaban J connectivity index is 2.32. The largest absolute Gasteiger partial charge is 0.492 e. The summed E-state index contributed by atoms with van der Waals surface area (Å²) in [5.41, 5.74) is 1.60. The number of ether oxygens (including phenoxy) is 2. The Morgan fingerprint density at radius 2 is 2.06 bits per heavy atom. The minimum atomic E-state index is -0.298. The lowest BCUT2D eigenvalue weighted by Gasteiger charge is -2.16. The van der Waals surface area contributed by atoms with Crippen LogP contribution in [0.15, 0.2) is 6.07 Å². The molecule has 1 unspecified atom stereocenters. The van der Waals surface area contributed by atoms with Crippen molar-refractivity contribution < 1.29 is 13.9 Å². The molecule has 1 aromatic rings. The Morgan fingerprint density at radius 1 is 1.33 bits per heavy atom. The minimum Gasteiger partial charge on any atom is -0.492 e. The van der Waals surface area contributed by atoms with Crippen molar-refractivity contribution in [3.63, 3.8) is 0 Å². The van der Waals surface area contributed by atoms with Crippen LogP contribution in [-0.4, -0.2) is 26.8 Å². The molecule has 100 valence electrons. The van der Waals surface area contributed by atoms with Crippen LogP contribution < -0.4 is 14.8 Å². The van der Waals surface area contributed by atoms with E-state index < -0.39 is 0 Å². The zero-order valence-corrected chi connectivity index (χ0v) is 11.2. The van der Waals surface area contributed by atoms with E-state index in [1.807, 2.05) is 13.0 Å². The molecule has 2 rings (SSSR count). The zero-order chi connectivity index (χ0) is 13.1. The molecule has 0 saturated carbocycles. The van der Waals surface area contributed by atoms with Gasteiger partial charge in [0.15, 0.2) is 17.3 Å². The van der Waals surface area contributed by atoms with Crippen LogP contribution in [0.3, 0.4) is 0 Å². The van der Waals surface area contributed by atoms with Crippen molar-refractivity contribution in [3.8, 4) is 11.5 Å². The van der Waals surface area contributed by atoms with E-state index in [1.54, 1.807) is 0 Å². The van der Waals surface area contributed by atoms with Crippen molar-refractivity contribution in [1.29, 1.82) is 0 Å². The van der Waals surface area contributed by atoms with Gasteiger partial charge in [-0.15, -0.1) is 0 Å². The standard InChI is InChI=1S/C14H20FNO2/c1-9-7-10(8-11-5-4-6-16-11)12(15)14(18-3)13(9)17-2/h7,11,16H,4-6,8H2,1-3H3. The highest BCUT2D eigenvalue weighted by Gasteiger charge is 2.21. The summed E-state index contributed by atoms with van der Waals surface area (Å²) in [6, 6.07) is 2.23. The second-order valence-electron chi connectivity index (χ2n) is 4.73. The molecule has 1 N–H and O–H groups in total. The van der Waals surface area contributed by atoms with Crippen LogP contribution in [0.4, 0.5) is 4.39 Å². The van der Waals surface area contributed by atoms with Crippen molar-refractivity contribution in [1.82, 2.24) is 5.32 Å². The molecule has 1 atom stereocenters. The summed E-state index contributed by atoms with van der Waals surface area (Å²) < 4.78 is 24.6. The third-order valence-corrected chi connectivity index (χ3v) is 3.47. The second kappa shape index (κ2) is 5.57. The van der Waals surface area contributed by atoms with Crippen LogP contribution in [0, 0.1) is 12.7 Å². The van der Waals surface area contributed by atoms with E-state index in [0.29, 0.717) is 23.8 Å². The molecule has 0 aliphatic carbocycles. The molecule has 0 amide bonds. The molecular formula is C14H20FNO2. The number of hydrogen-bond acceptors (Lipinski definition) is 3. The highest BCUT2D eigenvalue weighted by atomic mass is 19.1. The number of methoxy groups -OCH3 is 2. The van der Waals surface area contributed by atoms with Gasteiger partial charge in [0, 0.05) is 6.04 Å². The normalized spacial score (nSPS) is 19.0. The highest BCUT2D eigenvalue weighted by molar-refractivity contribution is 5.50. The van der Waals surface area contributed by atoms with E-state index in [-0.39, 0.29) is 11.6 Å². The smallest absolute Gasteiger partial charge is 0.197 e. The summed E-state index contributed by atoms with van der Waals surface area (Å²) >= 11 is 0. The van der Waals surface area contributed by atoms with Gasteiger partial charge in [-0.3, -0.25) is 0 Å². The van der Waals surface area contributed by atoms with Crippen LogP contribution in [0.1, 0.15) is 24.0 Å². The van der Waals surface area contributed by atoms with Crippen LogP contribution in [-0.2, 0) is 6.42 Å². The lowest BCUT2D eigenvalue weighted by Crippen LogP contribution is -2.24. The van der Waals surface area contributed by atoms with Crippen molar-refractivity contribution in [3.05, 3.63) is 23.0 Å². The predicted octanol–water partition coefficient (Wildman–Crippen LogP) is 2.45. The van der Waals surface area contributed by atoms with E-state index in [2.05, 4.69) is 5.32 Å². The molecule has 1 heterocycles. The lowest BCUT2D eigenvalue weighted by molar-refractivity contribution is 0.333. The molecule has 18 heavy (non-hydrogen) atoms. The topological polar surface area (TPSA) is 30.5 Å². The fraction of sp³-hybridized carbons (Fsp3) is 0.571. The number of halogens is 1. The van der Waals surface area contributed by atoms with Gasteiger partial charge < -0.3 is 14.8 Å². The van der Waals surface area contributed by atoms with Gasteiger partial charge in [-0.2, -0.15) is 0 Å². The van der Waals surface area contributed by atoms with Crippen LogP contribution >= 0.6 is 0 Å². The first-order valence-corrected chi connectivity index (χ1v) is 6.30. The Bertz CT molecular complexity index is 428. The summed E-state index contributed by atoms with van der Waals surface area (Å²) in [6.07, 6.45) is 2.97. The first-order valence-electron chi connectivity index (χ1n) is 6.30. The molecular weight excluding hydrogens is 233 g/mol. The molecule has 0 bridgehead atoms. The van der Waals surface area contributed by atoms with Gasteiger partial charge in [-0.25, -0.2) is 4.39 Å². The Morgan fingerprint density at radius 3 is 2.61 bits per heavy atom. The summed E-state index contributed by atoms with van der Waals surface area (Å²) in [6.45, 7) is 2.94. The second-order valence-corrected chi connectivity index (χ2v) is 4.73. The molecule has 0 spiro atoms. The Kier molecular flexibility index (Phi) is 4.07. The maximum atomic E-state index is 14.3. The molecule has 1 saturated heterocycles. The molecule has 1 aliphatic rings. The fourth-order valence-electron chi connectivity index (χ4n) is 2.60. The fourth-order valence-corrected chi connectivity index (χ4v) is 2.60. The van der Waals surface area contributed by atoms with Gasteiger partial charge in [0.25, 0.3) is 0 Å². The molecule has 0 aromatic heterocycles. The molecule has 0 radical (unpaired) electrons. The summed E-state index contributed by atoms with van der Waals surface area (Å²) in [7, 11) is 3.00. The van der Waals surface area contributed by atoms with Crippen molar-refractivity contribution in [2.24, 2.45) is 0 Å². The maximum absolute atomic E-state index is 14.3. The van der Waals surface area contributed by atoms with Crippen molar-refractivity contribution in [2.75, 3.05) is 20.8 Å². The van der Waals surface area contributed by atoms with Gasteiger partial charge >= 0.3 is 0 Å². The third-order valence-electron chi connectivity index (χ3n) is 3.47. The molecule has 1 aliphatic heterocycles. The molecule has 1 aromatic carbocycles.